The third kappa shape index (κ3) is 31.6. The summed E-state index contributed by atoms with van der Waals surface area (Å²) in [6.45, 7) is 0.818. The number of hydrogen-bond donors (Lipinski definition) is 22. The number of primary amides is 1. The predicted octanol–water partition coefficient (Wildman–Crippen LogP) is -6.01. The van der Waals surface area contributed by atoms with Gasteiger partial charge >= 0.3 is 29.8 Å². The summed E-state index contributed by atoms with van der Waals surface area (Å²) in [5, 5.41) is 78.4. The van der Waals surface area contributed by atoms with Crippen molar-refractivity contribution in [2.75, 3.05) is 32.0 Å². The molecule has 624 valence electrons. The van der Waals surface area contributed by atoms with E-state index in [2.05, 4.69) is 65.1 Å². The lowest BCUT2D eigenvalue weighted by atomic mass is 9.96. The Balaban J connectivity index is 1.86. The maximum Gasteiger partial charge on any atom is 0.329 e. The molecule has 1 aliphatic heterocycles. The number of carboxylic acid groups (broad SMARTS) is 4. The number of carbonyl (C=O) groups is 20. The SMILES string of the molecule is CCCCCCCCCC(=O)N[C@@H](Cc1c[nH]c2ccccc12)C(=O)N[C@@H](CC(N)=O)C(=O)N[C@@H](CC(=O)O)C(=O)N[C@@H]1C(=O)NCC(=O)N[C@@H](CCN)C(=O)N[C@@H](CC(=O)O)C(=O)N[C@H](C)C(=O)N[C@@H](CC(=O)O)C(=O)NCC(=O)N[C@H](CO)C(=O)N[C@@H]([C@@H](C)CC(=O)O)C(=O)N[C@@H](CC(=O)c2ccccc2N)C(=O)O[C@@H]1C. The number of anilines is 1. The molecule has 43 nitrogen and oxygen atoms in total. The highest BCUT2D eigenvalue weighted by Gasteiger charge is 2.41. The summed E-state index contributed by atoms with van der Waals surface area (Å²) in [6, 6.07) is -10.6. The number of rotatable bonds is 34. The number of Topliss-reactive ketones (excluding diaryl/α,β-unsaturated/α-hetero) is 1. The number of fused-ring (bicyclic) bond motifs is 1. The van der Waals surface area contributed by atoms with Crippen LogP contribution in [0.2, 0.25) is 0 Å². The van der Waals surface area contributed by atoms with Gasteiger partial charge in [0.05, 0.1) is 51.8 Å². The zero-order valence-electron chi connectivity index (χ0n) is 62.9. The highest BCUT2D eigenvalue weighted by atomic mass is 16.5. The number of nitrogens with two attached hydrogens (primary N) is 3. The van der Waals surface area contributed by atoms with Gasteiger partial charge in [-0.25, -0.2) is 4.79 Å². The molecule has 0 bridgehead atoms. The number of esters is 1. The Kier molecular flexibility index (Phi) is 38.5. The Labute approximate surface area is 651 Å². The number of aliphatic carboxylic acids is 4. The van der Waals surface area contributed by atoms with Crippen molar-refractivity contribution >= 4 is 135 Å². The largest absolute Gasteiger partial charge is 0.481 e. The number of unbranched alkanes of at least 4 members (excludes halogenated alkanes) is 6. The number of H-pyrrole nitrogens is 1. The average molecular weight is 1610 g/mol. The van der Waals surface area contributed by atoms with Crippen molar-refractivity contribution in [3.63, 3.8) is 0 Å². The van der Waals surface area contributed by atoms with Crippen LogP contribution in [0, 0.1) is 5.92 Å². The number of aliphatic hydroxyl groups is 1. The molecule has 0 saturated carbocycles. The lowest BCUT2D eigenvalue weighted by Gasteiger charge is -2.30. The first-order chi connectivity index (χ1) is 53.9. The molecule has 0 radical (unpaired) electrons. The van der Waals surface area contributed by atoms with Crippen LogP contribution in [0.3, 0.4) is 0 Å². The molecule has 13 atom stereocenters. The Bertz CT molecular complexity index is 4020. The Hall–Kier alpha value is -12.7. The molecule has 3 aromatic rings. The molecule has 0 unspecified atom stereocenters. The van der Waals surface area contributed by atoms with Gasteiger partial charge in [-0.05, 0) is 62.9 Å². The second kappa shape index (κ2) is 46.8. The number of para-hydroxylation sites is 2. The van der Waals surface area contributed by atoms with Gasteiger partial charge < -0.3 is 122 Å². The molecule has 25 N–H and O–H groups in total. The standard InChI is InChI=1S/C71H99N17O26/c1-5-6-7-8-9-10-11-20-52(92)80-43(24-37-30-75-41-19-15-13-16-38(37)41)65(107)83-44(26-51(74)91)66(108)85-47(29-58(101)102)67(109)88-60-36(4)114-71(113)48(25-50(90)39-17-12-14-18-40(39)73)86-70(112)59(34(2)23-55(95)96)87-68(110)49(33-89)81-54(94)31-76-62(104)45(27-56(97)98)82-61(103)35(3)78-64(106)46(28-57(99)100)84-63(105)42(21-22-72)79-53(93)32-77-69(60)111/h12-19,30,34-36,42-49,59-60,75,89H,5-11,20-29,31-33,72-73H2,1-4H3,(H2,74,91)(H,76,104)(H,77,111)(H,78,106)(H,79,93)(H,80,92)(H,81,94)(H,82,103)(H,83,107)(H,84,105)(H,85,108)(H,86,112)(H,87,110)(H,88,109)(H,95,96)(H,97,98)(H,99,100)(H,101,102)/t34-,35+,36+,42-,43-,44-,45-,46-,47-,48-,49+,59-,60-/m0/s1. The van der Waals surface area contributed by atoms with Gasteiger partial charge in [-0.1, -0.05) is 82.7 Å². The van der Waals surface area contributed by atoms with Crippen LogP contribution in [0.25, 0.3) is 10.9 Å². The van der Waals surface area contributed by atoms with Gasteiger partial charge in [0.2, 0.25) is 82.7 Å². The zero-order chi connectivity index (χ0) is 85.1. The molecule has 2 heterocycles. The van der Waals surface area contributed by atoms with Gasteiger partial charge in [-0.2, -0.15) is 0 Å². The topological polar surface area (TPSA) is 702 Å². The maximum atomic E-state index is 14.8. The van der Waals surface area contributed by atoms with E-state index in [9.17, 15) is 121 Å². The fourth-order valence-corrected chi connectivity index (χ4v) is 11.6. The zero-order valence-corrected chi connectivity index (χ0v) is 62.9. The van der Waals surface area contributed by atoms with Gasteiger partial charge in [-0.3, -0.25) is 91.1 Å². The Morgan fingerprint density at radius 2 is 1.09 bits per heavy atom. The van der Waals surface area contributed by atoms with Crippen LogP contribution in [-0.4, -0.2) is 248 Å². The number of nitrogen functional groups attached to an aromatic ring is 1. The highest BCUT2D eigenvalue weighted by molar-refractivity contribution is 6.05. The number of aromatic nitrogens is 1. The molecular formula is C71H99N17O26. The molecule has 1 aliphatic rings. The fourth-order valence-electron chi connectivity index (χ4n) is 11.6. The van der Waals surface area contributed by atoms with Gasteiger partial charge in [0.15, 0.2) is 5.78 Å². The normalized spacial score (nSPS) is 21.3. The van der Waals surface area contributed by atoms with E-state index in [4.69, 9.17) is 21.9 Å². The number of nitrogens with one attached hydrogen (secondary N) is 14. The molecule has 2 aromatic carbocycles. The van der Waals surface area contributed by atoms with Crippen molar-refractivity contribution < 1.29 is 126 Å². The third-order valence-corrected chi connectivity index (χ3v) is 17.6. The van der Waals surface area contributed by atoms with Crippen molar-refractivity contribution in [3.05, 3.63) is 65.9 Å². The second-order valence-electron chi connectivity index (χ2n) is 26.9. The molecule has 0 aliphatic carbocycles. The van der Waals surface area contributed by atoms with Crippen LogP contribution in [0.5, 0.6) is 0 Å². The third-order valence-electron chi connectivity index (χ3n) is 17.6. The van der Waals surface area contributed by atoms with Gasteiger partial charge in [0.1, 0.15) is 72.6 Å². The summed E-state index contributed by atoms with van der Waals surface area (Å²) in [5.74, 6) is -29.8. The number of aliphatic hydroxyl groups excluding tert-OH is 1. The lowest BCUT2D eigenvalue weighted by molar-refractivity contribution is -0.156. The predicted molar refractivity (Wildman–Crippen MR) is 396 cm³/mol. The van der Waals surface area contributed by atoms with Gasteiger partial charge in [0.25, 0.3) is 0 Å². The number of ether oxygens (including phenoxy) is 1. The van der Waals surface area contributed by atoms with E-state index in [-0.39, 0.29) is 24.1 Å². The van der Waals surface area contributed by atoms with Crippen LogP contribution in [-0.2, 0) is 102 Å². The number of amides is 14. The molecule has 114 heavy (non-hydrogen) atoms. The number of ketones is 1. The van der Waals surface area contributed by atoms with Crippen molar-refractivity contribution in [2.24, 2.45) is 17.4 Å². The van der Waals surface area contributed by atoms with E-state index in [1.165, 1.54) is 24.3 Å². The molecule has 4 rings (SSSR count). The molecule has 43 heteroatoms. The quantitative estimate of drug-likeness (QED) is 0.0115. The van der Waals surface area contributed by atoms with E-state index in [0.29, 0.717) is 29.3 Å². The number of carbonyl (C=O) groups excluding carboxylic acids is 16. The molecule has 14 amide bonds. The van der Waals surface area contributed by atoms with E-state index in [1.807, 2.05) is 16.0 Å². The van der Waals surface area contributed by atoms with Crippen LogP contribution in [0.15, 0.2) is 54.7 Å². The first-order valence-corrected chi connectivity index (χ1v) is 36.3. The molecular weight excluding hydrogens is 1510 g/mol. The number of carboxylic acids is 4. The smallest absolute Gasteiger partial charge is 0.329 e. The van der Waals surface area contributed by atoms with Gasteiger partial charge in [0, 0.05) is 47.6 Å². The molecule has 1 aromatic heterocycles. The second-order valence-corrected chi connectivity index (χ2v) is 26.9. The van der Waals surface area contributed by atoms with Crippen molar-refractivity contribution in [3.8, 4) is 0 Å². The summed E-state index contributed by atoms with van der Waals surface area (Å²) < 4.78 is 5.67. The van der Waals surface area contributed by atoms with Crippen LogP contribution >= 0.6 is 0 Å². The molecule has 0 spiro atoms. The van der Waals surface area contributed by atoms with Crippen molar-refractivity contribution in [2.45, 2.75) is 203 Å². The number of cyclic esters (lactones) is 1. The first kappa shape index (κ1) is 93.7. The van der Waals surface area contributed by atoms with E-state index in [1.54, 1.807) is 30.5 Å². The molecule has 1 fully saturated rings. The Morgan fingerprint density at radius 1 is 0.553 bits per heavy atom. The van der Waals surface area contributed by atoms with Crippen molar-refractivity contribution in [1.29, 1.82) is 0 Å². The summed E-state index contributed by atoms with van der Waals surface area (Å²) >= 11 is 0. The minimum atomic E-state index is -2.45. The fraction of sp³-hybridized carbons (Fsp3) is 0.521. The maximum absolute atomic E-state index is 14.8. The summed E-state index contributed by atoms with van der Waals surface area (Å²) in [4.78, 5) is 275. The van der Waals surface area contributed by atoms with Crippen LogP contribution in [0.4, 0.5) is 5.69 Å². The summed E-state index contributed by atoms with van der Waals surface area (Å²) in [5.41, 5.74) is 18.1. The number of aromatic amines is 1. The van der Waals surface area contributed by atoms with Crippen LogP contribution in [0.1, 0.15) is 140 Å². The summed E-state index contributed by atoms with van der Waals surface area (Å²) in [7, 11) is 0. The highest BCUT2D eigenvalue weighted by Crippen LogP contribution is 2.21. The van der Waals surface area contributed by atoms with Gasteiger partial charge in [-0.15, -0.1) is 0 Å². The van der Waals surface area contributed by atoms with E-state index < -0.39 is 268 Å². The molecule has 1 saturated heterocycles. The monoisotopic (exact) mass is 1610 g/mol. The minimum Gasteiger partial charge on any atom is -0.481 e. The van der Waals surface area contributed by atoms with E-state index in [0.717, 1.165) is 52.9 Å². The summed E-state index contributed by atoms with van der Waals surface area (Å²) in [6.07, 6.45) is -2.38. The minimum absolute atomic E-state index is 0.0190. The Morgan fingerprint density at radius 3 is 1.68 bits per heavy atom. The average Bonchev–Trinajstić information content (AvgIpc) is 1.47. The number of benzene rings is 2. The lowest BCUT2D eigenvalue weighted by Crippen LogP contribution is -2.62. The van der Waals surface area contributed by atoms with Crippen LogP contribution < -0.4 is 86.3 Å². The van der Waals surface area contributed by atoms with E-state index >= 15 is 0 Å². The number of hydrogen-bond acceptors (Lipinski definition) is 24. The first-order valence-electron chi connectivity index (χ1n) is 36.3. The van der Waals surface area contributed by atoms with Crippen molar-refractivity contribution in [1.82, 2.24) is 74.1 Å².